The van der Waals surface area contributed by atoms with E-state index in [0.717, 1.165) is 41.5 Å². The van der Waals surface area contributed by atoms with Gasteiger partial charge in [-0.3, -0.25) is 4.79 Å². The van der Waals surface area contributed by atoms with Crippen molar-refractivity contribution in [3.8, 4) is 11.3 Å². The van der Waals surface area contributed by atoms with E-state index in [4.69, 9.17) is 0 Å². The Balaban J connectivity index is 1.98. The van der Waals surface area contributed by atoms with Crippen LogP contribution in [0.5, 0.6) is 0 Å². The van der Waals surface area contributed by atoms with E-state index in [1.54, 1.807) is 0 Å². The molecule has 98 valence electrons. The van der Waals surface area contributed by atoms with Crippen molar-refractivity contribution in [1.82, 2.24) is 10.2 Å². The van der Waals surface area contributed by atoms with Gasteiger partial charge in [-0.25, -0.2) is 5.10 Å². The molecule has 3 rings (SSSR count). The zero-order valence-electron chi connectivity index (χ0n) is 10.5. The van der Waals surface area contributed by atoms with Crippen molar-refractivity contribution < 1.29 is 0 Å². The van der Waals surface area contributed by atoms with Gasteiger partial charge in [-0.2, -0.15) is 16.9 Å². The Morgan fingerprint density at radius 1 is 1.16 bits per heavy atom. The lowest BCUT2D eigenvalue weighted by Gasteiger charge is -2.27. The molecule has 0 aliphatic carbocycles. The van der Waals surface area contributed by atoms with Gasteiger partial charge in [0.05, 0.1) is 5.69 Å². The molecule has 0 radical (unpaired) electrons. The number of benzene rings is 1. The number of thioether (sulfide) groups is 1. The summed E-state index contributed by atoms with van der Waals surface area (Å²) in [4.78, 5) is 14.1. The average Bonchev–Trinajstić information content (AvgIpc) is 2.49. The summed E-state index contributed by atoms with van der Waals surface area (Å²) in [5.41, 5.74) is 2.46. The highest BCUT2D eigenvalue weighted by Gasteiger charge is 2.15. The molecule has 0 unspecified atom stereocenters. The first kappa shape index (κ1) is 12.3. The molecule has 1 saturated heterocycles. The molecule has 19 heavy (non-hydrogen) atoms. The lowest BCUT2D eigenvalue weighted by molar-refractivity contribution is 0.838. The van der Waals surface area contributed by atoms with Crippen molar-refractivity contribution >= 4 is 17.4 Å². The van der Waals surface area contributed by atoms with Crippen molar-refractivity contribution in [1.29, 1.82) is 0 Å². The Morgan fingerprint density at radius 2 is 1.89 bits per heavy atom. The molecule has 0 spiro atoms. The quantitative estimate of drug-likeness (QED) is 0.909. The SMILES string of the molecule is O=c1[nH]nc(-c2ccccc2)cc1N1CCSCC1. The lowest BCUT2D eigenvalue weighted by atomic mass is 10.1. The minimum atomic E-state index is -0.105. The highest BCUT2D eigenvalue weighted by Crippen LogP contribution is 2.21. The van der Waals surface area contributed by atoms with E-state index in [1.165, 1.54) is 0 Å². The maximum atomic E-state index is 11.9. The summed E-state index contributed by atoms with van der Waals surface area (Å²) in [6.45, 7) is 1.85. The summed E-state index contributed by atoms with van der Waals surface area (Å²) >= 11 is 1.93. The summed E-state index contributed by atoms with van der Waals surface area (Å²) in [7, 11) is 0. The van der Waals surface area contributed by atoms with Gasteiger partial charge in [-0.05, 0) is 6.07 Å². The normalized spacial score (nSPS) is 15.5. The maximum Gasteiger partial charge on any atom is 0.287 e. The smallest absolute Gasteiger partial charge is 0.287 e. The van der Waals surface area contributed by atoms with Crippen LogP contribution in [-0.2, 0) is 0 Å². The summed E-state index contributed by atoms with van der Waals surface area (Å²) < 4.78 is 0. The standard InChI is InChI=1S/C14H15N3OS/c18-14-13(17-6-8-19-9-7-17)10-12(15-16-14)11-4-2-1-3-5-11/h1-5,10H,6-9H2,(H,16,18). The second-order valence-electron chi connectivity index (χ2n) is 4.43. The maximum absolute atomic E-state index is 11.9. The molecule has 1 aliphatic heterocycles. The number of rotatable bonds is 2. The van der Waals surface area contributed by atoms with Crippen LogP contribution in [0.2, 0.25) is 0 Å². The van der Waals surface area contributed by atoms with Crippen LogP contribution in [0.1, 0.15) is 0 Å². The van der Waals surface area contributed by atoms with Gasteiger partial charge in [0.1, 0.15) is 5.69 Å². The Labute approximate surface area is 115 Å². The van der Waals surface area contributed by atoms with Crippen LogP contribution < -0.4 is 10.5 Å². The first-order valence-electron chi connectivity index (χ1n) is 6.32. The number of aromatic amines is 1. The topological polar surface area (TPSA) is 49.0 Å². The molecule has 0 amide bonds. The molecule has 5 heteroatoms. The highest BCUT2D eigenvalue weighted by molar-refractivity contribution is 7.99. The molecule has 1 N–H and O–H groups in total. The van der Waals surface area contributed by atoms with Gasteiger partial charge in [0, 0.05) is 30.2 Å². The van der Waals surface area contributed by atoms with Gasteiger partial charge in [-0.1, -0.05) is 30.3 Å². The predicted octanol–water partition coefficient (Wildman–Crippen LogP) is 1.99. The number of H-pyrrole nitrogens is 1. The van der Waals surface area contributed by atoms with E-state index in [0.29, 0.717) is 0 Å². The Hall–Kier alpha value is -1.75. The Morgan fingerprint density at radius 3 is 2.63 bits per heavy atom. The molecule has 0 saturated carbocycles. The average molecular weight is 273 g/mol. The Kier molecular flexibility index (Phi) is 3.55. The second kappa shape index (κ2) is 5.48. The van der Waals surface area contributed by atoms with Gasteiger partial charge in [0.2, 0.25) is 0 Å². The molecule has 0 bridgehead atoms. The zero-order chi connectivity index (χ0) is 13.1. The molecule has 1 fully saturated rings. The molecule has 2 heterocycles. The zero-order valence-corrected chi connectivity index (χ0v) is 11.3. The molecule has 1 aromatic carbocycles. The summed E-state index contributed by atoms with van der Waals surface area (Å²) in [6.07, 6.45) is 0. The molecule has 4 nitrogen and oxygen atoms in total. The molecule has 1 aromatic heterocycles. The first-order valence-corrected chi connectivity index (χ1v) is 7.48. The minimum absolute atomic E-state index is 0.105. The highest BCUT2D eigenvalue weighted by atomic mass is 32.2. The molecule has 0 atom stereocenters. The summed E-state index contributed by atoms with van der Waals surface area (Å²) in [6, 6.07) is 11.8. The van der Waals surface area contributed by atoms with E-state index >= 15 is 0 Å². The summed E-state index contributed by atoms with van der Waals surface area (Å²) in [5, 5.41) is 6.74. The van der Waals surface area contributed by atoms with Crippen LogP contribution in [0.25, 0.3) is 11.3 Å². The van der Waals surface area contributed by atoms with Gasteiger partial charge in [0.25, 0.3) is 5.56 Å². The number of hydrogen-bond acceptors (Lipinski definition) is 4. The number of hydrogen-bond donors (Lipinski definition) is 1. The van der Waals surface area contributed by atoms with Crippen LogP contribution in [0.4, 0.5) is 5.69 Å². The number of nitrogens with one attached hydrogen (secondary N) is 1. The lowest BCUT2D eigenvalue weighted by Crippen LogP contribution is -2.36. The van der Waals surface area contributed by atoms with Crippen LogP contribution in [0.3, 0.4) is 0 Å². The van der Waals surface area contributed by atoms with Gasteiger partial charge in [0.15, 0.2) is 0 Å². The third kappa shape index (κ3) is 2.66. The van der Waals surface area contributed by atoms with Gasteiger partial charge >= 0.3 is 0 Å². The minimum Gasteiger partial charge on any atom is -0.365 e. The van der Waals surface area contributed by atoms with Crippen LogP contribution in [0, 0.1) is 0 Å². The second-order valence-corrected chi connectivity index (χ2v) is 5.66. The van der Waals surface area contributed by atoms with E-state index in [9.17, 15) is 4.79 Å². The van der Waals surface area contributed by atoms with Crippen molar-refractivity contribution in [3.63, 3.8) is 0 Å². The van der Waals surface area contributed by atoms with Crippen molar-refractivity contribution in [2.45, 2.75) is 0 Å². The van der Waals surface area contributed by atoms with Crippen molar-refractivity contribution in [2.75, 3.05) is 29.5 Å². The van der Waals surface area contributed by atoms with E-state index in [-0.39, 0.29) is 5.56 Å². The van der Waals surface area contributed by atoms with Crippen LogP contribution in [-0.4, -0.2) is 34.8 Å². The van der Waals surface area contributed by atoms with Gasteiger partial charge in [-0.15, -0.1) is 0 Å². The van der Waals surface area contributed by atoms with Crippen molar-refractivity contribution in [3.05, 3.63) is 46.8 Å². The van der Waals surface area contributed by atoms with E-state index in [2.05, 4.69) is 15.1 Å². The number of nitrogens with zero attached hydrogens (tertiary/aromatic N) is 2. The predicted molar refractivity (Wildman–Crippen MR) is 79.8 cm³/mol. The largest absolute Gasteiger partial charge is 0.365 e. The van der Waals surface area contributed by atoms with Crippen molar-refractivity contribution in [2.24, 2.45) is 0 Å². The third-order valence-electron chi connectivity index (χ3n) is 3.21. The van der Waals surface area contributed by atoms with Gasteiger partial charge < -0.3 is 4.90 Å². The first-order chi connectivity index (χ1) is 9.34. The molecule has 1 aliphatic rings. The van der Waals surface area contributed by atoms with E-state index in [1.807, 2.05) is 48.2 Å². The summed E-state index contributed by atoms with van der Waals surface area (Å²) in [5.74, 6) is 2.14. The monoisotopic (exact) mass is 273 g/mol. The fourth-order valence-corrected chi connectivity index (χ4v) is 3.09. The molecular weight excluding hydrogens is 258 g/mol. The fourth-order valence-electron chi connectivity index (χ4n) is 2.19. The molecule has 2 aromatic rings. The van der Waals surface area contributed by atoms with Crippen LogP contribution >= 0.6 is 11.8 Å². The van der Waals surface area contributed by atoms with E-state index < -0.39 is 0 Å². The van der Waals surface area contributed by atoms with Crippen LogP contribution in [0.15, 0.2) is 41.2 Å². The number of aromatic nitrogens is 2. The third-order valence-corrected chi connectivity index (χ3v) is 4.15. The Bertz CT molecular complexity index is 606. The molecular formula is C14H15N3OS. The number of anilines is 1. The fraction of sp³-hybridized carbons (Fsp3) is 0.286.